The summed E-state index contributed by atoms with van der Waals surface area (Å²) >= 11 is 1.28. The molecule has 0 aliphatic heterocycles. The third-order valence-electron chi connectivity index (χ3n) is 4.63. The third-order valence-corrected chi connectivity index (χ3v) is 5.52. The third kappa shape index (κ3) is 3.85. The summed E-state index contributed by atoms with van der Waals surface area (Å²) in [5.74, 6) is -0.182. The highest BCUT2D eigenvalue weighted by Crippen LogP contribution is 2.18. The van der Waals surface area contributed by atoms with Crippen LogP contribution >= 0.6 is 11.3 Å². The van der Waals surface area contributed by atoms with E-state index in [1.807, 2.05) is 0 Å². The van der Waals surface area contributed by atoms with Crippen LogP contribution in [0.5, 0.6) is 0 Å². The summed E-state index contributed by atoms with van der Waals surface area (Å²) in [4.78, 5) is 37.6. The lowest BCUT2D eigenvalue weighted by molar-refractivity contribution is -0.122. The molecule has 2 aromatic rings. The van der Waals surface area contributed by atoms with Crippen molar-refractivity contribution in [3.8, 4) is 0 Å². The first-order valence-corrected chi connectivity index (χ1v) is 9.49. The van der Waals surface area contributed by atoms with Crippen LogP contribution in [-0.2, 0) is 22.6 Å². The molecule has 2 heterocycles. The lowest BCUT2D eigenvalue weighted by atomic mass is 9.95. The number of carbonyl (C=O) groups excluding carboxylic acids is 1. The molecule has 0 spiro atoms. The zero-order chi connectivity index (χ0) is 17.8. The number of rotatable bonds is 6. The first kappa shape index (κ1) is 17.9. The van der Waals surface area contributed by atoms with Gasteiger partial charge in [0, 0.05) is 13.2 Å². The van der Waals surface area contributed by atoms with E-state index in [-0.39, 0.29) is 37.2 Å². The number of fused-ring (bicyclic) bond motifs is 1. The van der Waals surface area contributed by atoms with Gasteiger partial charge in [0.15, 0.2) is 0 Å². The number of nitrogens with zero attached hydrogens (tertiary/aromatic N) is 2. The molecule has 2 aromatic heterocycles. The van der Waals surface area contributed by atoms with Gasteiger partial charge in [0.1, 0.15) is 11.2 Å². The molecule has 136 valence electrons. The highest BCUT2D eigenvalue weighted by atomic mass is 32.1. The Morgan fingerprint density at radius 1 is 1.28 bits per heavy atom. The fourth-order valence-corrected chi connectivity index (χ4v) is 4.17. The van der Waals surface area contributed by atoms with Gasteiger partial charge >= 0.3 is 5.69 Å². The van der Waals surface area contributed by atoms with Gasteiger partial charge in [-0.3, -0.25) is 18.7 Å². The number of carbonyl (C=O) groups is 1. The van der Waals surface area contributed by atoms with Gasteiger partial charge in [-0.2, -0.15) is 0 Å². The van der Waals surface area contributed by atoms with Crippen LogP contribution in [0, 0.1) is 0 Å². The zero-order valence-corrected chi connectivity index (χ0v) is 15.1. The van der Waals surface area contributed by atoms with E-state index in [0.717, 1.165) is 30.3 Å². The van der Waals surface area contributed by atoms with Crippen molar-refractivity contribution in [3.05, 3.63) is 32.3 Å². The lowest BCUT2D eigenvalue weighted by Crippen LogP contribution is -2.44. The first-order chi connectivity index (χ1) is 12.1. The second-order valence-electron chi connectivity index (χ2n) is 6.36. The monoisotopic (exact) mass is 365 g/mol. The molecule has 0 aromatic carbocycles. The quantitative estimate of drug-likeness (QED) is 0.837. The van der Waals surface area contributed by atoms with Crippen LogP contribution < -0.4 is 16.6 Å². The normalized spacial score (nSPS) is 15.6. The summed E-state index contributed by atoms with van der Waals surface area (Å²) in [5.41, 5.74) is -0.268. The van der Waals surface area contributed by atoms with E-state index in [1.54, 1.807) is 11.4 Å². The van der Waals surface area contributed by atoms with Gasteiger partial charge in [0.2, 0.25) is 5.91 Å². The second kappa shape index (κ2) is 7.97. The molecular formula is C17H23N3O4S. The van der Waals surface area contributed by atoms with E-state index < -0.39 is 5.69 Å². The number of hydrogen-bond acceptors (Lipinski definition) is 5. The van der Waals surface area contributed by atoms with Crippen molar-refractivity contribution in [2.75, 3.05) is 13.7 Å². The molecule has 0 atom stereocenters. The molecule has 25 heavy (non-hydrogen) atoms. The summed E-state index contributed by atoms with van der Waals surface area (Å²) in [6, 6.07) is 1.91. The van der Waals surface area contributed by atoms with Gasteiger partial charge in [-0.25, -0.2) is 4.79 Å². The van der Waals surface area contributed by atoms with Crippen LogP contribution in [0.1, 0.15) is 32.1 Å². The maximum absolute atomic E-state index is 12.7. The van der Waals surface area contributed by atoms with E-state index >= 15 is 0 Å². The minimum absolute atomic E-state index is 0.0736. The number of ether oxygens (including phenoxy) is 1. The summed E-state index contributed by atoms with van der Waals surface area (Å²) in [6.45, 7) is 0.363. The molecular weight excluding hydrogens is 342 g/mol. The van der Waals surface area contributed by atoms with Crippen molar-refractivity contribution in [2.24, 2.45) is 0 Å². The van der Waals surface area contributed by atoms with Crippen LogP contribution in [0.2, 0.25) is 0 Å². The molecule has 7 nitrogen and oxygen atoms in total. The Bertz CT molecular complexity index is 861. The van der Waals surface area contributed by atoms with E-state index in [1.165, 1.54) is 29.4 Å². The maximum atomic E-state index is 12.7. The van der Waals surface area contributed by atoms with E-state index in [0.29, 0.717) is 10.2 Å². The molecule has 0 unspecified atom stereocenters. The molecule has 1 amide bonds. The van der Waals surface area contributed by atoms with Crippen LogP contribution in [0.25, 0.3) is 10.2 Å². The Morgan fingerprint density at radius 2 is 2.04 bits per heavy atom. The highest BCUT2D eigenvalue weighted by Gasteiger charge is 2.19. The Labute approximate surface area is 149 Å². The lowest BCUT2D eigenvalue weighted by Gasteiger charge is -2.23. The van der Waals surface area contributed by atoms with Crippen molar-refractivity contribution >= 4 is 27.5 Å². The average molecular weight is 365 g/mol. The summed E-state index contributed by atoms with van der Waals surface area (Å²) < 4.78 is 8.01. The highest BCUT2D eigenvalue weighted by molar-refractivity contribution is 7.17. The molecule has 1 aliphatic rings. The standard InChI is InChI=1S/C17H23N3O4S/c1-24-9-8-19-16(22)15-13(7-10-25-15)20(17(19)23)11-14(21)18-12-5-3-2-4-6-12/h7,10,12H,2-6,8-9,11H2,1H3,(H,18,21). The minimum atomic E-state index is -0.466. The fraction of sp³-hybridized carbons (Fsp3) is 0.588. The fourth-order valence-electron chi connectivity index (χ4n) is 3.33. The number of hydrogen-bond donors (Lipinski definition) is 1. The Kier molecular flexibility index (Phi) is 5.70. The number of nitrogens with one attached hydrogen (secondary N) is 1. The van der Waals surface area contributed by atoms with Gasteiger partial charge in [-0.1, -0.05) is 19.3 Å². The molecule has 0 saturated heterocycles. The van der Waals surface area contributed by atoms with Gasteiger partial charge in [-0.15, -0.1) is 11.3 Å². The van der Waals surface area contributed by atoms with Crippen LogP contribution in [0.15, 0.2) is 21.0 Å². The summed E-state index contributed by atoms with van der Waals surface area (Å²) in [7, 11) is 1.52. The number of methoxy groups -OCH3 is 1. The Balaban J connectivity index is 1.89. The largest absolute Gasteiger partial charge is 0.383 e. The van der Waals surface area contributed by atoms with Crippen molar-refractivity contribution in [3.63, 3.8) is 0 Å². The van der Waals surface area contributed by atoms with E-state index in [2.05, 4.69) is 5.32 Å². The van der Waals surface area contributed by atoms with Gasteiger partial charge in [0.25, 0.3) is 5.56 Å². The van der Waals surface area contributed by atoms with Crippen molar-refractivity contribution in [1.82, 2.24) is 14.5 Å². The number of amides is 1. The second-order valence-corrected chi connectivity index (χ2v) is 7.27. The molecule has 1 fully saturated rings. The molecule has 0 bridgehead atoms. The minimum Gasteiger partial charge on any atom is -0.383 e. The van der Waals surface area contributed by atoms with Crippen LogP contribution in [0.4, 0.5) is 0 Å². The summed E-state index contributed by atoms with van der Waals surface area (Å²) in [6.07, 6.45) is 5.44. The number of aromatic nitrogens is 2. The molecule has 0 radical (unpaired) electrons. The SMILES string of the molecule is COCCn1c(=O)c2sccc2n(CC(=O)NC2CCCCC2)c1=O. The predicted octanol–water partition coefficient (Wildman–Crippen LogP) is 1.32. The Hall–Kier alpha value is -1.93. The average Bonchev–Trinajstić information content (AvgIpc) is 3.09. The molecule has 1 N–H and O–H groups in total. The first-order valence-electron chi connectivity index (χ1n) is 8.61. The van der Waals surface area contributed by atoms with E-state index in [4.69, 9.17) is 4.74 Å². The zero-order valence-electron chi connectivity index (χ0n) is 14.3. The smallest absolute Gasteiger partial charge is 0.332 e. The van der Waals surface area contributed by atoms with E-state index in [9.17, 15) is 14.4 Å². The van der Waals surface area contributed by atoms with Gasteiger partial charge < -0.3 is 10.1 Å². The molecule has 1 aliphatic carbocycles. The molecule has 8 heteroatoms. The van der Waals surface area contributed by atoms with Gasteiger partial charge in [0.05, 0.1) is 18.7 Å². The number of thiophene rings is 1. The summed E-state index contributed by atoms with van der Waals surface area (Å²) in [5, 5.41) is 4.79. The van der Waals surface area contributed by atoms with Crippen molar-refractivity contribution in [2.45, 2.75) is 51.2 Å². The molecule has 3 rings (SSSR count). The van der Waals surface area contributed by atoms with Crippen molar-refractivity contribution in [1.29, 1.82) is 0 Å². The van der Waals surface area contributed by atoms with Crippen LogP contribution in [-0.4, -0.2) is 34.8 Å². The topological polar surface area (TPSA) is 82.3 Å². The van der Waals surface area contributed by atoms with Gasteiger partial charge in [-0.05, 0) is 24.3 Å². The predicted molar refractivity (Wildman–Crippen MR) is 97.2 cm³/mol. The molecule has 1 saturated carbocycles. The Morgan fingerprint density at radius 3 is 2.76 bits per heavy atom. The van der Waals surface area contributed by atoms with Crippen LogP contribution in [0.3, 0.4) is 0 Å². The van der Waals surface area contributed by atoms with Crippen molar-refractivity contribution < 1.29 is 9.53 Å². The maximum Gasteiger partial charge on any atom is 0.332 e.